The first-order valence-electron chi connectivity index (χ1n) is 9.25. The number of rotatable bonds is 2. The fourth-order valence-electron chi connectivity index (χ4n) is 4.13. The van der Waals surface area contributed by atoms with E-state index in [2.05, 4.69) is 39.0 Å². The van der Waals surface area contributed by atoms with E-state index in [1.54, 1.807) is 0 Å². The number of carbonyl (C=O) groups is 1. The summed E-state index contributed by atoms with van der Waals surface area (Å²) >= 11 is 3.67. The number of piperidine rings is 1. The van der Waals surface area contributed by atoms with E-state index in [9.17, 15) is 4.79 Å². The van der Waals surface area contributed by atoms with Crippen LogP contribution in [0.5, 0.6) is 0 Å². The molecule has 1 amide bonds. The predicted octanol–water partition coefficient (Wildman–Crippen LogP) is 2.96. The summed E-state index contributed by atoms with van der Waals surface area (Å²) < 4.78 is 12.7. The van der Waals surface area contributed by atoms with Crippen molar-refractivity contribution in [3.05, 3.63) is 28.2 Å². The van der Waals surface area contributed by atoms with Gasteiger partial charge in [0.25, 0.3) is 0 Å². The Labute approximate surface area is 157 Å². The zero-order valence-electron chi connectivity index (χ0n) is 14.5. The van der Waals surface area contributed by atoms with Crippen molar-refractivity contribution in [3.8, 4) is 0 Å². The maximum Gasteiger partial charge on any atom is 0.242 e. The molecule has 0 aromatic heterocycles. The highest BCUT2D eigenvalue weighted by Gasteiger charge is 2.40. The van der Waals surface area contributed by atoms with Crippen LogP contribution < -0.4 is 4.90 Å². The molecule has 136 valence electrons. The van der Waals surface area contributed by atoms with Gasteiger partial charge in [0.1, 0.15) is 0 Å². The molecule has 0 saturated carbocycles. The lowest BCUT2D eigenvalue weighted by Gasteiger charge is -2.38. The van der Waals surface area contributed by atoms with Gasteiger partial charge in [-0.05, 0) is 37.0 Å². The Morgan fingerprint density at radius 1 is 1.12 bits per heavy atom. The average molecular weight is 409 g/mol. The van der Waals surface area contributed by atoms with E-state index < -0.39 is 5.79 Å². The third kappa shape index (κ3) is 3.57. The van der Waals surface area contributed by atoms with Crippen LogP contribution in [0.25, 0.3) is 0 Å². The lowest BCUT2D eigenvalue weighted by Crippen LogP contribution is -2.50. The number of amides is 1. The van der Waals surface area contributed by atoms with Gasteiger partial charge < -0.3 is 19.3 Å². The first kappa shape index (κ1) is 17.3. The molecule has 1 aromatic rings. The maximum atomic E-state index is 12.9. The van der Waals surface area contributed by atoms with E-state index in [0.717, 1.165) is 49.8 Å². The summed E-state index contributed by atoms with van der Waals surface area (Å²) in [5, 5.41) is 0. The second-order valence-corrected chi connectivity index (χ2v) is 7.96. The van der Waals surface area contributed by atoms with Crippen LogP contribution >= 0.6 is 15.9 Å². The first-order chi connectivity index (χ1) is 12.2. The SMILES string of the molecule is O=C(CN1CCCCc2c(Br)cccc21)N1CCC2(CC1)OCCO2. The molecule has 2 saturated heterocycles. The molecule has 25 heavy (non-hydrogen) atoms. The Hall–Kier alpha value is -1.11. The van der Waals surface area contributed by atoms with Gasteiger partial charge in [-0.2, -0.15) is 0 Å². The van der Waals surface area contributed by atoms with E-state index in [4.69, 9.17) is 9.47 Å². The van der Waals surface area contributed by atoms with Crippen molar-refractivity contribution in [2.75, 3.05) is 44.3 Å². The van der Waals surface area contributed by atoms with Crippen molar-refractivity contribution < 1.29 is 14.3 Å². The molecule has 5 nitrogen and oxygen atoms in total. The highest BCUT2D eigenvalue weighted by atomic mass is 79.9. The van der Waals surface area contributed by atoms with Crippen LogP contribution in [0.4, 0.5) is 5.69 Å². The van der Waals surface area contributed by atoms with Crippen molar-refractivity contribution in [2.24, 2.45) is 0 Å². The van der Waals surface area contributed by atoms with E-state index in [1.807, 2.05) is 4.90 Å². The van der Waals surface area contributed by atoms with E-state index in [0.29, 0.717) is 19.8 Å². The molecule has 0 N–H and O–H groups in total. The van der Waals surface area contributed by atoms with Crippen LogP contribution in [0.1, 0.15) is 31.2 Å². The monoisotopic (exact) mass is 408 g/mol. The summed E-state index contributed by atoms with van der Waals surface area (Å²) in [7, 11) is 0. The van der Waals surface area contributed by atoms with Crippen LogP contribution in [0.2, 0.25) is 0 Å². The van der Waals surface area contributed by atoms with Crippen molar-refractivity contribution in [1.29, 1.82) is 0 Å². The van der Waals surface area contributed by atoms with Gasteiger partial charge in [0.2, 0.25) is 5.91 Å². The van der Waals surface area contributed by atoms with E-state index >= 15 is 0 Å². The summed E-state index contributed by atoms with van der Waals surface area (Å²) in [5.74, 6) is -0.211. The van der Waals surface area contributed by atoms with Gasteiger partial charge >= 0.3 is 0 Å². The molecule has 0 atom stereocenters. The number of hydrogen-bond donors (Lipinski definition) is 0. The predicted molar refractivity (Wildman–Crippen MR) is 99.7 cm³/mol. The van der Waals surface area contributed by atoms with Crippen molar-refractivity contribution in [1.82, 2.24) is 4.90 Å². The molecule has 3 heterocycles. The summed E-state index contributed by atoms with van der Waals surface area (Å²) in [6.45, 7) is 4.19. The Balaban J connectivity index is 1.42. The Morgan fingerprint density at radius 3 is 2.64 bits per heavy atom. The topological polar surface area (TPSA) is 42.0 Å². The van der Waals surface area contributed by atoms with Crippen LogP contribution in [-0.2, 0) is 20.7 Å². The van der Waals surface area contributed by atoms with Gasteiger partial charge in [-0.15, -0.1) is 0 Å². The van der Waals surface area contributed by atoms with Crippen molar-refractivity contribution in [3.63, 3.8) is 0 Å². The second-order valence-electron chi connectivity index (χ2n) is 7.10. The summed E-state index contributed by atoms with van der Waals surface area (Å²) in [6.07, 6.45) is 4.92. The average Bonchev–Trinajstić information content (AvgIpc) is 2.96. The molecule has 0 aliphatic carbocycles. The lowest BCUT2D eigenvalue weighted by atomic mass is 10.0. The minimum atomic E-state index is -0.420. The Morgan fingerprint density at radius 2 is 1.88 bits per heavy atom. The number of anilines is 1. The summed E-state index contributed by atoms with van der Waals surface area (Å²) in [6, 6.07) is 6.30. The number of ether oxygens (including phenoxy) is 2. The zero-order valence-corrected chi connectivity index (χ0v) is 16.1. The molecule has 0 bridgehead atoms. The number of hydrogen-bond acceptors (Lipinski definition) is 4. The molecule has 4 rings (SSSR count). The highest BCUT2D eigenvalue weighted by Crippen LogP contribution is 2.33. The molecule has 0 radical (unpaired) electrons. The second kappa shape index (κ2) is 7.25. The Kier molecular flexibility index (Phi) is 5.02. The molecule has 1 aromatic carbocycles. The summed E-state index contributed by atoms with van der Waals surface area (Å²) in [4.78, 5) is 17.1. The number of carbonyl (C=O) groups excluding carboxylic acids is 1. The fourth-order valence-corrected chi connectivity index (χ4v) is 4.68. The van der Waals surface area contributed by atoms with Gasteiger partial charge in [0, 0.05) is 42.6 Å². The molecule has 3 aliphatic rings. The Bertz CT molecular complexity index is 636. The molecule has 6 heteroatoms. The third-order valence-corrected chi connectivity index (χ3v) is 6.30. The minimum Gasteiger partial charge on any atom is -0.362 e. The minimum absolute atomic E-state index is 0.209. The molecule has 1 spiro atoms. The zero-order chi connectivity index (χ0) is 17.3. The largest absolute Gasteiger partial charge is 0.362 e. The van der Waals surface area contributed by atoms with Gasteiger partial charge in [0.15, 0.2) is 5.79 Å². The smallest absolute Gasteiger partial charge is 0.242 e. The van der Waals surface area contributed by atoms with Gasteiger partial charge in [-0.25, -0.2) is 0 Å². The maximum absolute atomic E-state index is 12.9. The standard InChI is InChI=1S/C19H25BrN2O3/c20-16-5-3-6-17-15(16)4-1-2-9-22(17)14-18(23)21-10-7-19(8-11-21)24-12-13-25-19/h3,5-6H,1-2,4,7-14H2. The van der Waals surface area contributed by atoms with Gasteiger partial charge in [-0.3, -0.25) is 4.79 Å². The number of halogens is 1. The quantitative estimate of drug-likeness (QED) is 0.754. The van der Waals surface area contributed by atoms with Crippen molar-refractivity contribution >= 4 is 27.5 Å². The highest BCUT2D eigenvalue weighted by molar-refractivity contribution is 9.10. The lowest BCUT2D eigenvalue weighted by molar-refractivity contribution is -0.187. The first-order valence-corrected chi connectivity index (χ1v) is 10.0. The van der Waals surface area contributed by atoms with E-state index in [-0.39, 0.29) is 5.91 Å². The fraction of sp³-hybridized carbons (Fsp3) is 0.632. The van der Waals surface area contributed by atoms with Crippen LogP contribution in [0.15, 0.2) is 22.7 Å². The third-order valence-electron chi connectivity index (χ3n) is 5.56. The van der Waals surface area contributed by atoms with Crippen molar-refractivity contribution in [2.45, 2.75) is 37.9 Å². The van der Waals surface area contributed by atoms with Crippen LogP contribution in [0.3, 0.4) is 0 Å². The van der Waals surface area contributed by atoms with Crippen LogP contribution in [-0.4, -0.2) is 56.0 Å². The van der Waals surface area contributed by atoms with Crippen LogP contribution in [0, 0.1) is 0 Å². The van der Waals surface area contributed by atoms with E-state index in [1.165, 1.54) is 17.7 Å². The molecular weight excluding hydrogens is 384 g/mol. The molecular formula is C19H25BrN2O3. The summed E-state index contributed by atoms with van der Waals surface area (Å²) in [5.41, 5.74) is 2.54. The number of likely N-dealkylation sites (tertiary alicyclic amines) is 1. The number of nitrogens with zero attached hydrogens (tertiary/aromatic N) is 2. The number of fused-ring (bicyclic) bond motifs is 1. The normalized spacial score (nSPS) is 22.8. The van der Waals surface area contributed by atoms with Gasteiger partial charge in [0.05, 0.1) is 19.8 Å². The number of benzene rings is 1. The molecule has 2 fully saturated rings. The molecule has 0 unspecified atom stereocenters. The molecule has 3 aliphatic heterocycles. The van der Waals surface area contributed by atoms with Gasteiger partial charge in [-0.1, -0.05) is 22.0 Å².